The summed E-state index contributed by atoms with van der Waals surface area (Å²) in [6.07, 6.45) is 3.63. The number of H-pyrrole nitrogens is 2. The van der Waals surface area contributed by atoms with Crippen LogP contribution in [0.1, 0.15) is 46.3 Å². The van der Waals surface area contributed by atoms with Crippen LogP contribution in [0.5, 0.6) is 5.75 Å². The van der Waals surface area contributed by atoms with Crippen molar-refractivity contribution in [3.8, 4) is 5.75 Å². The molecule has 4 rings (SSSR count). The van der Waals surface area contributed by atoms with Crippen molar-refractivity contribution in [3.05, 3.63) is 75.7 Å². The molecule has 1 fully saturated rings. The van der Waals surface area contributed by atoms with Gasteiger partial charge >= 0.3 is 0 Å². The second-order valence-corrected chi connectivity index (χ2v) is 6.93. The molecule has 144 valence electrons. The molecular formula is C20H21N5O3. The number of rotatable bonds is 7. The van der Waals surface area contributed by atoms with E-state index >= 15 is 0 Å². The van der Waals surface area contributed by atoms with Gasteiger partial charge in [0.1, 0.15) is 23.7 Å². The summed E-state index contributed by atoms with van der Waals surface area (Å²) in [7, 11) is 1.64. The Labute approximate surface area is 161 Å². The van der Waals surface area contributed by atoms with E-state index in [2.05, 4.69) is 20.2 Å². The minimum absolute atomic E-state index is 0.00658. The van der Waals surface area contributed by atoms with E-state index in [0.717, 1.165) is 11.4 Å². The number of ether oxygens (including phenoxy) is 1. The van der Waals surface area contributed by atoms with Crippen LogP contribution in [0.4, 0.5) is 0 Å². The van der Waals surface area contributed by atoms with Crippen LogP contribution in [-0.2, 0) is 13.2 Å². The van der Waals surface area contributed by atoms with E-state index < -0.39 is 11.5 Å². The summed E-state index contributed by atoms with van der Waals surface area (Å²) in [6, 6.07) is 11.2. The summed E-state index contributed by atoms with van der Waals surface area (Å²) in [4.78, 5) is 33.2. The van der Waals surface area contributed by atoms with E-state index in [9.17, 15) is 9.59 Å². The first-order valence-corrected chi connectivity index (χ1v) is 9.16. The molecule has 0 unspecified atom stereocenters. The highest BCUT2D eigenvalue weighted by atomic mass is 16.5. The summed E-state index contributed by atoms with van der Waals surface area (Å²) < 4.78 is 5.56. The smallest absolute Gasteiger partial charge is 0.263 e. The fourth-order valence-electron chi connectivity index (χ4n) is 2.91. The van der Waals surface area contributed by atoms with E-state index in [1.165, 1.54) is 23.9 Å². The number of carbonyl (C=O) groups excluding carboxylic acids is 1. The molecule has 0 radical (unpaired) electrons. The predicted molar refractivity (Wildman–Crippen MR) is 102 cm³/mol. The molecule has 0 atom stereocenters. The zero-order valence-electron chi connectivity index (χ0n) is 15.5. The average molecular weight is 379 g/mol. The van der Waals surface area contributed by atoms with Crippen LogP contribution in [0.3, 0.4) is 0 Å². The molecule has 1 aromatic carbocycles. The van der Waals surface area contributed by atoms with Gasteiger partial charge < -0.3 is 14.6 Å². The maximum absolute atomic E-state index is 12.6. The van der Waals surface area contributed by atoms with Crippen LogP contribution >= 0.6 is 0 Å². The van der Waals surface area contributed by atoms with Crippen LogP contribution in [0.25, 0.3) is 0 Å². The number of aromatic nitrogens is 4. The van der Waals surface area contributed by atoms with Crippen LogP contribution in [0.15, 0.2) is 47.4 Å². The third-order valence-corrected chi connectivity index (χ3v) is 4.60. The van der Waals surface area contributed by atoms with Crippen molar-refractivity contribution in [2.24, 2.45) is 0 Å². The number of hydrogen-bond donors (Lipinski definition) is 2. The Kier molecular flexibility index (Phi) is 4.92. The molecule has 2 heterocycles. The first-order chi connectivity index (χ1) is 13.6. The standard InChI is InChI=1S/C20H21N5O3/c1-25(11-14-9-17(24-23-14)13-7-8-13)20(27)16-10-21-18(22-19(16)26)12-28-15-5-3-2-4-6-15/h2-6,9-10,13H,7-8,11-12H2,1H3,(H,23,24)(H,21,22,26). The molecule has 8 nitrogen and oxygen atoms in total. The zero-order valence-corrected chi connectivity index (χ0v) is 15.5. The molecule has 8 heteroatoms. The lowest BCUT2D eigenvalue weighted by molar-refractivity contribution is 0.0781. The molecule has 28 heavy (non-hydrogen) atoms. The van der Waals surface area contributed by atoms with E-state index in [1.54, 1.807) is 7.05 Å². The second kappa shape index (κ2) is 7.67. The van der Waals surface area contributed by atoms with E-state index in [0.29, 0.717) is 24.0 Å². The Balaban J connectivity index is 1.39. The summed E-state index contributed by atoms with van der Waals surface area (Å²) in [6.45, 7) is 0.457. The molecule has 2 aromatic heterocycles. The quantitative estimate of drug-likeness (QED) is 0.655. The van der Waals surface area contributed by atoms with Gasteiger partial charge in [-0.05, 0) is 31.0 Å². The van der Waals surface area contributed by atoms with E-state index in [-0.39, 0.29) is 12.2 Å². The molecule has 1 saturated carbocycles. The maximum Gasteiger partial charge on any atom is 0.263 e. The number of para-hydroxylation sites is 1. The first-order valence-electron chi connectivity index (χ1n) is 9.16. The first kappa shape index (κ1) is 18.0. The summed E-state index contributed by atoms with van der Waals surface area (Å²) in [5, 5.41) is 7.24. The second-order valence-electron chi connectivity index (χ2n) is 6.93. The number of nitrogens with zero attached hydrogens (tertiary/aromatic N) is 3. The Morgan fingerprint density at radius 3 is 2.79 bits per heavy atom. The highest BCUT2D eigenvalue weighted by Gasteiger charge is 2.26. The van der Waals surface area contributed by atoms with Crippen LogP contribution < -0.4 is 10.3 Å². The monoisotopic (exact) mass is 379 g/mol. The van der Waals surface area contributed by atoms with Gasteiger partial charge in [-0.25, -0.2) is 4.98 Å². The highest BCUT2D eigenvalue weighted by molar-refractivity contribution is 5.93. The lowest BCUT2D eigenvalue weighted by Gasteiger charge is -2.15. The third-order valence-electron chi connectivity index (χ3n) is 4.60. The Bertz CT molecular complexity index is 1020. The van der Waals surface area contributed by atoms with Crippen LogP contribution in [-0.4, -0.2) is 38.0 Å². The van der Waals surface area contributed by atoms with Crippen molar-refractivity contribution < 1.29 is 9.53 Å². The lowest BCUT2D eigenvalue weighted by atomic mass is 10.2. The van der Waals surface area contributed by atoms with Crippen molar-refractivity contribution >= 4 is 5.91 Å². The van der Waals surface area contributed by atoms with Gasteiger partial charge in [-0.1, -0.05) is 18.2 Å². The van der Waals surface area contributed by atoms with Crippen molar-refractivity contribution in [1.82, 2.24) is 25.1 Å². The van der Waals surface area contributed by atoms with Gasteiger partial charge in [-0.3, -0.25) is 14.7 Å². The molecule has 2 N–H and O–H groups in total. The summed E-state index contributed by atoms with van der Waals surface area (Å²) in [5.41, 5.74) is 1.39. The molecule has 3 aromatic rings. The molecular weight excluding hydrogens is 358 g/mol. The highest BCUT2D eigenvalue weighted by Crippen LogP contribution is 2.39. The Hall–Kier alpha value is -3.42. The summed E-state index contributed by atoms with van der Waals surface area (Å²) in [5.74, 6) is 1.18. The molecule has 1 aliphatic rings. The molecule has 0 saturated heterocycles. The van der Waals surface area contributed by atoms with Crippen molar-refractivity contribution in [2.45, 2.75) is 31.9 Å². The molecule has 0 aliphatic heterocycles. The van der Waals surface area contributed by atoms with E-state index in [4.69, 9.17) is 4.74 Å². The SMILES string of the molecule is CN(Cc1cc(C2CC2)n[nH]1)C(=O)c1cnc(COc2ccccc2)[nH]c1=O. The maximum atomic E-state index is 12.6. The van der Waals surface area contributed by atoms with Crippen molar-refractivity contribution in [1.29, 1.82) is 0 Å². The normalized spacial score (nSPS) is 13.3. The molecule has 0 bridgehead atoms. The van der Waals surface area contributed by atoms with Gasteiger partial charge in [0.15, 0.2) is 0 Å². The van der Waals surface area contributed by atoms with Crippen molar-refractivity contribution in [3.63, 3.8) is 0 Å². The largest absolute Gasteiger partial charge is 0.486 e. The molecule has 1 amide bonds. The van der Waals surface area contributed by atoms with Crippen LogP contribution in [0.2, 0.25) is 0 Å². The van der Waals surface area contributed by atoms with Crippen molar-refractivity contribution in [2.75, 3.05) is 7.05 Å². The third kappa shape index (κ3) is 4.11. The molecule has 0 spiro atoms. The van der Waals surface area contributed by atoms with Crippen LogP contribution in [0, 0.1) is 0 Å². The lowest BCUT2D eigenvalue weighted by Crippen LogP contribution is -2.32. The number of nitrogens with one attached hydrogen (secondary N) is 2. The molecule has 1 aliphatic carbocycles. The minimum atomic E-state index is -0.484. The fraction of sp³-hybridized carbons (Fsp3) is 0.300. The van der Waals surface area contributed by atoms with Gasteiger partial charge in [0.25, 0.3) is 11.5 Å². The minimum Gasteiger partial charge on any atom is -0.486 e. The van der Waals surface area contributed by atoms with Gasteiger partial charge in [0.2, 0.25) is 0 Å². The predicted octanol–water partition coefficient (Wildman–Crippen LogP) is 2.22. The van der Waals surface area contributed by atoms with Gasteiger partial charge in [-0.2, -0.15) is 5.10 Å². The fourth-order valence-corrected chi connectivity index (χ4v) is 2.91. The number of hydrogen-bond acceptors (Lipinski definition) is 5. The zero-order chi connectivity index (χ0) is 19.5. The Morgan fingerprint density at radius 1 is 1.29 bits per heavy atom. The number of amides is 1. The van der Waals surface area contributed by atoms with Gasteiger partial charge in [-0.15, -0.1) is 0 Å². The van der Waals surface area contributed by atoms with E-state index in [1.807, 2.05) is 36.4 Å². The average Bonchev–Trinajstić information content (AvgIpc) is 3.46. The summed E-state index contributed by atoms with van der Waals surface area (Å²) >= 11 is 0. The van der Waals surface area contributed by atoms with Gasteiger partial charge in [0.05, 0.1) is 17.9 Å². The number of carbonyl (C=O) groups is 1. The van der Waals surface area contributed by atoms with Gasteiger partial charge in [0, 0.05) is 19.2 Å². The number of aromatic amines is 2. The Morgan fingerprint density at radius 2 is 2.07 bits per heavy atom. The topological polar surface area (TPSA) is 104 Å². The number of benzene rings is 1.